The van der Waals surface area contributed by atoms with E-state index in [2.05, 4.69) is 5.32 Å². The Kier molecular flexibility index (Phi) is 5.04. The third-order valence-corrected chi connectivity index (χ3v) is 5.91. The Hall–Kier alpha value is -3.07. The van der Waals surface area contributed by atoms with E-state index >= 15 is 0 Å². The van der Waals surface area contributed by atoms with Gasteiger partial charge in [0.15, 0.2) is 6.10 Å². The number of para-hydroxylation sites is 2. The van der Waals surface area contributed by atoms with E-state index in [1.54, 1.807) is 31.2 Å². The van der Waals surface area contributed by atoms with Crippen molar-refractivity contribution in [3.63, 3.8) is 0 Å². The van der Waals surface area contributed by atoms with E-state index in [0.29, 0.717) is 22.7 Å². The van der Waals surface area contributed by atoms with Crippen LogP contribution in [0.3, 0.4) is 0 Å². The molecule has 0 saturated carbocycles. The molecule has 0 aliphatic carbocycles. The van der Waals surface area contributed by atoms with Crippen LogP contribution in [-0.4, -0.2) is 38.6 Å². The molecule has 0 aromatic heterocycles. The lowest BCUT2D eigenvalue weighted by atomic mass is 10.2. The van der Waals surface area contributed by atoms with Crippen LogP contribution >= 0.6 is 0 Å². The van der Waals surface area contributed by atoms with Crippen molar-refractivity contribution in [1.29, 1.82) is 0 Å². The Morgan fingerprint density at radius 1 is 1.19 bits per heavy atom. The minimum atomic E-state index is -3.57. The number of amides is 2. The first-order valence-corrected chi connectivity index (χ1v) is 9.89. The Balaban J connectivity index is 1.82. The number of sulfonamides is 1. The summed E-state index contributed by atoms with van der Waals surface area (Å²) in [5.74, 6) is -0.831. The third-order valence-electron chi connectivity index (χ3n) is 4.16. The summed E-state index contributed by atoms with van der Waals surface area (Å²) < 4.78 is 31.8. The summed E-state index contributed by atoms with van der Waals surface area (Å²) in [5, 5.41) is 2.66. The average Bonchev–Trinajstić information content (AvgIpc) is 2.67. The minimum absolute atomic E-state index is 0.0930. The maximum Gasteiger partial charge on any atom is 0.267 e. The largest absolute Gasteiger partial charge is 0.476 e. The van der Waals surface area contributed by atoms with Crippen molar-refractivity contribution < 1.29 is 22.7 Å². The van der Waals surface area contributed by atoms with Gasteiger partial charge in [0, 0.05) is 11.3 Å². The van der Waals surface area contributed by atoms with E-state index in [1.807, 2.05) is 0 Å². The lowest BCUT2D eigenvalue weighted by molar-refractivity contribution is -0.122. The number of anilines is 2. The van der Waals surface area contributed by atoms with Crippen LogP contribution in [0.2, 0.25) is 0 Å². The summed E-state index contributed by atoms with van der Waals surface area (Å²) in [6, 6.07) is 12.7. The fraction of sp³-hybridized carbons (Fsp3) is 0.222. The second kappa shape index (κ2) is 7.28. The molecule has 2 aromatic rings. The molecule has 1 aliphatic heterocycles. The third kappa shape index (κ3) is 3.87. The molecule has 8 nitrogen and oxygen atoms in total. The summed E-state index contributed by atoms with van der Waals surface area (Å²) in [6.45, 7) is 1.42. The first-order chi connectivity index (χ1) is 12.8. The van der Waals surface area contributed by atoms with Gasteiger partial charge in [0.25, 0.3) is 5.91 Å². The zero-order valence-corrected chi connectivity index (χ0v) is 15.4. The molecule has 0 unspecified atom stereocenters. The molecule has 1 atom stereocenters. The average molecular weight is 389 g/mol. The lowest BCUT2D eigenvalue weighted by Crippen LogP contribution is -2.49. The molecule has 0 fully saturated rings. The number of hydrogen-bond donors (Lipinski definition) is 2. The molecule has 0 radical (unpaired) electrons. The highest BCUT2D eigenvalue weighted by Crippen LogP contribution is 2.35. The number of carbonyl (C=O) groups excluding carboxylic acids is 2. The van der Waals surface area contributed by atoms with Crippen LogP contribution < -0.4 is 20.1 Å². The van der Waals surface area contributed by atoms with Gasteiger partial charge in [-0.15, -0.1) is 0 Å². The standard InChI is InChI=1S/C18H19N3O5S/c1-2-27(24,25)21-11-16(26-15-6-4-3-5-14(15)21)18(23)20-13-9-7-12(8-10-13)17(19)22/h3-10,16H,2,11H2,1H3,(H2,19,22)(H,20,23)/t16-/m1/s1. The second-order valence-electron chi connectivity index (χ2n) is 5.94. The summed E-state index contributed by atoms with van der Waals surface area (Å²) >= 11 is 0. The molecule has 1 heterocycles. The van der Waals surface area contributed by atoms with Crippen molar-refractivity contribution in [1.82, 2.24) is 0 Å². The summed E-state index contributed by atoms with van der Waals surface area (Å²) in [5.41, 5.74) is 6.36. The van der Waals surface area contributed by atoms with E-state index in [-0.39, 0.29) is 12.3 Å². The highest BCUT2D eigenvalue weighted by Gasteiger charge is 2.35. The van der Waals surface area contributed by atoms with Gasteiger partial charge in [-0.3, -0.25) is 13.9 Å². The zero-order chi connectivity index (χ0) is 19.6. The molecule has 2 amide bonds. The fourth-order valence-electron chi connectivity index (χ4n) is 2.70. The number of primary amides is 1. The summed E-state index contributed by atoms with van der Waals surface area (Å²) in [7, 11) is -3.57. The van der Waals surface area contributed by atoms with Gasteiger partial charge >= 0.3 is 0 Å². The Morgan fingerprint density at radius 3 is 2.48 bits per heavy atom. The van der Waals surface area contributed by atoms with Crippen molar-refractivity contribution >= 4 is 33.2 Å². The van der Waals surface area contributed by atoms with Crippen LogP contribution in [0.15, 0.2) is 48.5 Å². The predicted octanol–water partition coefficient (Wildman–Crippen LogP) is 1.34. The van der Waals surface area contributed by atoms with Crippen LogP contribution in [-0.2, 0) is 14.8 Å². The number of benzene rings is 2. The van der Waals surface area contributed by atoms with E-state index in [9.17, 15) is 18.0 Å². The first-order valence-electron chi connectivity index (χ1n) is 8.28. The van der Waals surface area contributed by atoms with Crippen LogP contribution in [0.25, 0.3) is 0 Å². The van der Waals surface area contributed by atoms with Gasteiger partial charge in [0.05, 0.1) is 18.0 Å². The van der Waals surface area contributed by atoms with Gasteiger partial charge in [-0.25, -0.2) is 8.42 Å². The number of fused-ring (bicyclic) bond motifs is 1. The van der Waals surface area contributed by atoms with Gasteiger partial charge in [0.2, 0.25) is 15.9 Å². The smallest absolute Gasteiger partial charge is 0.267 e. The number of carbonyl (C=O) groups is 2. The quantitative estimate of drug-likeness (QED) is 0.800. The maximum atomic E-state index is 12.6. The monoisotopic (exact) mass is 389 g/mol. The number of nitrogens with two attached hydrogens (primary N) is 1. The highest BCUT2D eigenvalue weighted by molar-refractivity contribution is 7.92. The van der Waals surface area contributed by atoms with Crippen molar-refractivity contribution in [2.45, 2.75) is 13.0 Å². The number of ether oxygens (including phenoxy) is 1. The predicted molar refractivity (Wildman–Crippen MR) is 101 cm³/mol. The van der Waals surface area contributed by atoms with Gasteiger partial charge < -0.3 is 15.8 Å². The molecule has 3 N–H and O–H groups in total. The van der Waals surface area contributed by atoms with Crippen LogP contribution in [0, 0.1) is 0 Å². The Morgan fingerprint density at radius 2 is 1.85 bits per heavy atom. The van der Waals surface area contributed by atoms with Crippen molar-refractivity contribution in [2.75, 3.05) is 21.9 Å². The van der Waals surface area contributed by atoms with Gasteiger partial charge in [-0.2, -0.15) is 0 Å². The van der Waals surface area contributed by atoms with Crippen molar-refractivity contribution in [3.05, 3.63) is 54.1 Å². The normalized spacial score (nSPS) is 16.2. The van der Waals surface area contributed by atoms with Crippen LogP contribution in [0.1, 0.15) is 17.3 Å². The highest BCUT2D eigenvalue weighted by atomic mass is 32.2. The molecule has 1 aliphatic rings. The van der Waals surface area contributed by atoms with E-state index in [4.69, 9.17) is 10.5 Å². The van der Waals surface area contributed by atoms with Crippen molar-refractivity contribution in [2.24, 2.45) is 5.73 Å². The van der Waals surface area contributed by atoms with E-state index in [0.717, 1.165) is 0 Å². The Bertz CT molecular complexity index is 973. The lowest BCUT2D eigenvalue weighted by Gasteiger charge is -2.34. The van der Waals surface area contributed by atoms with Crippen LogP contribution in [0.4, 0.5) is 11.4 Å². The topological polar surface area (TPSA) is 119 Å². The first kappa shape index (κ1) is 18.7. The number of nitrogens with one attached hydrogen (secondary N) is 1. The van der Waals surface area contributed by atoms with Crippen molar-refractivity contribution in [3.8, 4) is 5.75 Å². The molecular weight excluding hydrogens is 370 g/mol. The van der Waals surface area contributed by atoms with Gasteiger partial charge in [-0.05, 0) is 43.3 Å². The molecular formula is C18H19N3O5S. The number of nitrogens with zero attached hydrogens (tertiary/aromatic N) is 1. The van der Waals surface area contributed by atoms with Crippen LogP contribution in [0.5, 0.6) is 5.75 Å². The number of rotatable bonds is 5. The molecule has 2 aromatic carbocycles. The molecule has 3 rings (SSSR count). The van der Waals surface area contributed by atoms with E-state index < -0.39 is 27.9 Å². The Labute approximate surface area is 157 Å². The second-order valence-corrected chi connectivity index (χ2v) is 8.12. The molecule has 142 valence electrons. The molecule has 0 spiro atoms. The summed E-state index contributed by atoms with van der Waals surface area (Å²) in [6.07, 6.45) is -1.02. The fourth-order valence-corrected chi connectivity index (χ4v) is 3.82. The molecule has 0 saturated heterocycles. The molecule has 27 heavy (non-hydrogen) atoms. The molecule has 9 heteroatoms. The van der Waals surface area contributed by atoms with Gasteiger partial charge in [0.1, 0.15) is 5.75 Å². The summed E-state index contributed by atoms with van der Waals surface area (Å²) in [4.78, 5) is 23.7. The minimum Gasteiger partial charge on any atom is -0.476 e. The number of hydrogen-bond acceptors (Lipinski definition) is 5. The zero-order valence-electron chi connectivity index (χ0n) is 14.6. The SMILES string of the molecule is CCS(=O)(=O)N1C[C@H](C(=O)Nc2ccc(C(N)=O)cc2)Oc2ccccc21. The van der Waals surface area contributed by atoms with E-state index in [1.165, 1.54) is 28.6 Å². The maximum absolute atomic E-state index is 12.6. The molecule has 0 bridgehead atoms. The van der Waals surface area contributed by atoms with Gasteiger partial charge in [-0.1, -0.05) is 12.1 Å².